The van der Waals surface area contributed by atoms with Crippen LogP contribution in [0, 0.1) is 0 Å². The Morgan fingerprint density at radius 3 is 2.91 bits per heavy atom. The third-order valence-corrected chi connectivity index (χ3v) is 4.40. The summed E-state index contributed by atoms with van der Waals surface area (Å²) >= 11 is 2.91. The fraction of sp³-hybridized carbons (Fsp3) is 0.167. The van der Waals surface area contributed by atoms with Gasteiger partial charge in [0.05, 0.1) is 0 Å². The molecule has 0 aliphatic heterocycles. The number of anilines is 1. The standard InChI is InChI=1S/C12H11N7OS2/c1-2-21-12-18-17-11(22-12)14-10(20)8-3-4-9(16-15-8)19-6-5-13-7-19/h3-7H,2H2,1H3,(H,14,17,20). The lowest BCUT2D eigenvalue weighted by atomic mass is 10.3. The lowest BCUT2D eigenvalue weighted by Gasteiger charge is -2.02. The Morgan fingerprint density at radius 2 is 2.23 bits per heavy atom. The zero-order valence-corrected chi connectivity index (χ0v) is 13.1. The Balaban J connectivity index is 1.69. The van der Waals surface area contributed by atoms with Crippen LogP contribution in [0.25, 0.3) is 5.82 Å². The Bertz CT molecular complexity index is 754. The van der Waals surface area contributed by atoms with Gasteiger partial charge in [0.2, 0.25) is 5.13 Å². The van der Waals surface area contributed by atoms with Gasteiger partial charge in [0.1, 0.15) is 6.33 Å². The van der Waals surface area contributed by atoms with Gasteiger partial charge >= 0.3 is 0 Å². The van der Waals surface area contributed by atoms with E-state index in [1.165, 1.54) is 11.3 Å². The maximum atomic E-state index is 12.1. The maximum absolute atomic E-state index is 12.1. The highest BCUT2D eigenvalue weighted by molar-refractivity contribution is 8.01. The fourth-order valence-electron chi connectivity index (χ4n) is 1.58. The summed E-state index contributed by atoms with van der Waals surface area (Å²) in [4.78, 5) is 16.0. The van der Waals surface area contributed by atoms with Crippen molar-refractivity contribution in [3.63, 3.8) is 0 Å². The van der Waals surface area contributed by atoms with E-state index in [0.717, 1.165) is 10.1 Å². The van der Waals surface area contributed by atoms with Crippen LogP contribution in [0.4, 0.5) is 5.13 Å². The molecule has 0 bridgehead atoms. The Kier molecular flexibility index (Phi) is 4.39. The molecule has 0 aliphatic rings. The number of aromatic nitrogens is 6. The molecule has 0 atom stereocenters. The average molecular weight is 333 g/mol. The molecule has 0 spiro atoms. The maximum Gasteiger partial charge on any atom is 0.278 e. The number of carbonyl (C=O) groups is 1. The molecule has 0 radical (unpaired) electrons. The van der Waals surface area contributed by atoms with Gasteiger partial charge in [0.15, 0.2) is 15.9 Å². The van der Waals surface area contributed by atoms with Crippen LogP contribution < -0.4 is 5.32 Å². The van der Waals surface area contributed by atoms with Gasteiger partial charge in [-0.25, -0.2) is 4.98 Å². The van der Waals surface area contributed by atoms with Gasteiger partial charge in [-0.3, -0.25) is 14.7 Å². The second kappa shape index (κ2) is 6.62. The van der Waals surface area contributed by atoms with Crippen LogP contribution in [0.1, 0.15) is 17.4 Å². The van der Waals surface area contributed by atoms with Gasteiger partial charge in [-0.1, -0.05) is 30.0 Å². The predicted octanol–water partition coefficient (Wildman–Crippen LogP) is 1.88. The van der Waals surface area contributed by atoms with E-state index >= 15 is 0 Å². The van der Waals surface area contributed by atoms with Crippen molar-refractivity contribution in [2.75, 3.05) is 11.1 Å². The zero-order valence-electron chi connectivity index (χ0n) is 11.5. The van der Waals surface area contributed by atoms with E-state index in [4.69, 9.17) is 0 Å². The lowest BCUT2D eigenvalue weighted by molar-refractivity contribution is 0.102. The molecule has 1 N–H and O–H groups in total. The molecule has 0 saturated carbocycles. The first-order chi connectivity index (χ1) is 10.8. The smallest absolute Gasteiger partial charge is 0.278 e. The number of hydrogen-bond donors (Lipinski definition) is 1. The normalized spacial score (nSPS) is 10.6. The minimum absolute atomic E-state index is 0.212. The molecule has 0 unspecified atom stereocenters. The van der Waals surface area contributed by atoms with E-state index in [0.29, 0.717) is 10.9 Å². The van der Waals surface area contributed by atoms with Crippen LogP contribution in [0.5, 0.6) is 0 Å². The predicted molar refractivity (Wildman–Crippen MR) is 83.4 cm³/mol. The summed E-state index contributed by atoms with van der Waals surface area (Å²) in [5.41, 5.74) is 0.212. The van der Waals surface area contributed by atoms with Crippen LogP contribution in [0.15, 0.2) is 35.2 Å². The van der Waals surface area contributed by atoms with Crippen molar-refractivity contribution >= 4 is 34.1 Å². The number of rotatable bonds is 5. The van der Waals surface area contributed by atoms with Crippen molar-refractivity contribution in [2.24, 2.45) is 0 Å². The van der Waals surface area contributed by atoms with Crippen molar-refractivity contribution in [3.8, 4) is 5.82 Å². The van der Waals surface area contributed by atoms with Crippen LogP contribution in [0.2, 0.25) is 0 Å². The quantitative estimate of drug-likeness (QED) is 0.562. The summed E-state index contributed by atoms with van der Waals surface area (Å²) in [6, 6.07) is 3.29. The molecular weight excluding hydrogens is 322 g/mol. The summed E-state index contributed by atoms with van der Waals surface area (Å²) in [6.07, 6.45) is 5.00. The molecule has 0 aliphatic carbocycles. The van der Waals surface area contributed by atoms with Crippen molar-refractivity contribution in [3.05, 3.63) is 36.5 Å². The number of thioether (sulfide) groups is 1. The molecule has 8 nitrogen and oxygen atoms in total. The van der Waals surface area contributed by atoms with Crippen molar-refractivity contribution in [1.29, 1.82) is 0 Å². The van der Waals surface area contributed by atoms with Gasteiger partial charge in [0, 0.05) is 12.4 Å². The van der Waals surface area contributed by atoms with E-state index in [9.17, 15) is 4.79 Å². The van der Waals surface area contributed by atoms with E-state index in [1.54, 1.807) is 47.2 Å². The number of nitrogens with zero attached hydrogens (tertiary/aromatic N) is 6. The highest BCUT2D eigenvalue weighted by Crippen LogP contribution is 2.25. The minimum Gasteiger partial charge on any atom is -0.295 e. The van der Waals surface area contributed by atoms with E-state index in [-0.39, 0.29) is 11.6 Å². The molecule has 3 heterocycles. The summed E-state index contributed by atoms with van der Waals surface area (Å²) in [6.45, 7) is 2.03. The summed E-state index contributed by atoms with van der Waals surface area (Å²) in [5.74, 6) is 1.13. The Hall–Kier alpha value is -2.33. The molecular formula is C12H11N7OS2. The highest BCUT2D eigenvalue weighted by Gasteiger charge is 2.12. The molecule has 3 aromatic rings. The number of imidazole rings is 1. The first-order valence-electron chi connectivity index (χ1n) is 6.36. The first-order valence-corrected chi connectivity index (χ1v) is 8.16. The number of carbonyl (C=O) groups excluding carboxylic acids is 1. The third kappa shape index (κ3) is 3.28. The summed E-state index contributed by atoms with van der Waals surface area (Å²) in [7, 11) is 0. The van der Waals surface area contributed by atoms with Gasteiger partial charge in [0.25, 0.3) is 5.91 Å². The summed E-state index contributed by atoms with van der Waals surface area (Å²) < 4.78 is 2.52. The van der Waals surface area contributed by atoms with Crippen molar-refractivity contribution < 1.29 is 4.79 Å². The van der Waals surface area contributed by atoms with Crippen LogP contribution in [-0.4, -0.2) is 41.6 Å². The molecule has 22 heavy (non-hydrogen) atoms. The molecule has 3 rings (SSSR count). The zero-order chi connectivity index (χ0) is 15.4. The fourth-order valence-corrected chi connectivity index (χ4v) is 3.23. The van der Waals surface area contributed by atoms with E-state index in [2.05, 4.69) is 30.7 Å². The van der Waals surface area contributed by atoms with E-state index in [1.807, 2.05) is 6.92 Å². The largest absolute Gasteiger partial charge is 0.295 e. The number of hydrogen-bond acceptors (Lipinski definition) is 8. The van der Waals surface area contributed by atoms with E-state index < -0.39 is 0 Å². The highest BCUT2D eigenvalue weighted by atomic mass is 32.2. The number of amides is 1. The van der Waals surface area contributed by atoms with Crippen molar-refractivity contribution in [2.45, 2.75) is 11.3 Å². The first kappa shape index (κ1) is 14.6. The number of nitrogens with one attached hydrogen (secondary N) is 1. The molecule has 3 aromatic heterocycles. The second-order valence-electron chi connectivity index (χ2n) is 4.01. The minimum atomic E-state index is -0.367. The van der Waals surface area contributed by atoms with Crippen LogP contribution in [0.3, 0.4) is 0 Å². The average Bonchev–Trinajstić information content (AvgIpc) is 3.20. The molecule has 0 fully saturated rings. The van der Waals surface area contributed by atoms with Gasteiger partial charge in [-0.05, 0) is 17.9 Å². The van der Waals surface area contributed by atoms with Gasteiger partial charge in [-0.15, -0.1) is 20.4 Å². The van der Waals surface area contributed by atoms with Crippen LogP contribution in [-0.2, 0) is 0 Å². The third-order valence-electron chi connectivity index (χ3n) is 2.55. The van der Waals surface area contributed by atoms with Crippen LogP contribution >= 0.6 is 23.1 Å². The second-order valence-corrected chi connectivity index (χ2v) is 6.50. The molecule has 10 heteroatoms. The Morgan fingerprint density at radius 1 is 1.32 bits per heavy atom. The van der Waals surface area contributed by atoms with Gasteiger partial charge in [-0.2, -0.15) is 0 Å². The molecule has 0 saturated heterocycles. The topological polar surface area (TPSA) is 98.5 Å². The van der Waals surface area contributed by atoms with Gasteiger partial charge < -0.3 is 0 Å². The molecule has 0 aromatic carbocycles. The SMILES string of the molecule is CCSc1nnc(NC(=O)c2ccc(-n3ccnc3)nn2)s1. The Labute approximate surface area is 134 Å². The van der Waals surface area contributed by atoms with Crippen molar-refractivity contribution in [1.82, 2.24) is 29.9 Å². The monoisotopic (exact) mass is 333 g/mol. The molecule has 112 valence electrons. The lowest BCUT2D eigenvalue weighted by Crippen LogP contribution is -2.14. The molecule has 1 amide bonds. The summed E-state index contributed by atoms with van der Waals surface area (Å²) in [5, 5.41) is 18.9.